The lowest BCUT2D eigenvalue weighted by atomic mass is 9.79. The number of anilines is 1. The van der Waals surface area contributed by atoms with Crippen molar-refractivity contribution in [3.63, 3.8) is 0 Å². The Labute approximate surface area is 194 Å². The number of H-pyrrole nitrogens is 1. The second-order valence-electron chi connectivity index (χ2n) is 9.19. The van der Waals surface area contributed by atoms with Crippen LogP contribution in [0.25, 0.3) is 11.1 Å². The molecule has 0 saturated heterocycles. The Morgan fingerprint density at radius 3 is 2.36 bits per heavy atom. The van der Waals surface area contributed by atoms with Crippen LogP contribution in [-0.4, -0.2) is 37.8 Å². The summed E-state index contributed by atoms with van der Waals surface area (Å²) in [4.78, 5) is 26.2. The van der Waals surface area contributed by atoms with Crippen molar-refractivity contribution < 1.29 is 9.59 Å². The maximum Gasteiger partial charge on any atom is 0.270 e. The van der Waals surface area contributed by atoms with Crippen LogP contribution < -0.4 is 10.6 Å². The fraction of sp³-hybridized carbons (Fsp3) is 0.440. The van der Waals surface area contributed by atoms with Gasteiger partial charge >= 0.3 is 0 Å². The smallest absolute Gasteiger partial charge is 0.270 e. The Hall–Kier alpha value is -3.42. The third-order valence-corrected chi connectivity index (χ3v) is 6.72. The molecule has 1 aliphatic carbocycles. The number of carbonyl (C=O) groups excluding carboxylic acids is 2. The highest BCUT2D eigenvalue weighted by Gasteiger charge is 2.33. The fourth-order valence-corrected chi connectivity index (χ4v) is 4.74. The molecule has 2 amide bonds. The van der Waals surface area contributed by atoms with Crippen LogP contribution in [-0.2, 0) is 11.8 Å². The van der Waals surface area contributed by atoms with Crippen molar-refractivity contribution in [3.05, 3.63) is 53.6 Å². The molecule has 4 rings (SSSR count). The third kappa shape index (κ3) is 4.99. The predicted molar refractivity (Wildman–Crippen MR) is 128 cm³/mol. The fourth-order valence-electron chi connectivity index (χ4n) is 4.74. The molecule has 1 aliphatic rings. The Bertz CT molecular complexity index is 1100. The van der Waals surface area contributed by atoms with Crippen molar-refractivity contribution in [2.45, 2.75) is 52.5 Å². The lowest BCUT2D eigenvalue weighted by Crippen LogP contribution is -2.49. The highest BCUT2D eigenvalue weighted by atomic mass is 16.2. The molecule has 3 N–H and O–H groups in total. The monoisotopic (exact) mass is 448 g/mol. The SMILES string of the molecule is Cc1n[nH]c(C)c1-c1ccc(NC(=O)[C@@H](NC(=O)c2ccnn2C)[C@H]2CC[C@H](C)CC2)cc1. The van der Waals surface area contributed by atoms with Gasteiger partial charge < -0.3 is 10.6 Å². The van der Waals surface area contributed by atoms with E-state index in [1.165, 1.54) is 4.68 Å². The molecule has 2 heterocycles. The lowest BCUT2D eigenvalue weighted by Gasteiger charge is -2.32. The molecular formula is C25H32N6O2. The summed E-state index contributed by atoms with van der Waals surface area (Å²) in [6.07, 6.45) is 5.55. The van der Waals surface area contributed by atoms with Gasteiger partial charge in [-0.25, -0.2) is 0 Å². The van der Waals surface area contributed by atoms with Gasteiger partial charge in [0.2, 0.25) is 5.91 Å². The molecule has 2 aromatic heterocycles. The first kappa shape index (κ1) is 22.8. The molecule has 8 heteroatoms. The number of carbonyl (C=O) groups is 2. The second kappa shape index (κ2) is 9.60. The highest BCUT2D eigenvalue weighted by molar-refractivity contribution is 6.00. The van der Waals surface area contributed by atoms with Crippen LogP contribution in [0.15, 0.2) is 36.5 Å². The van der Waals surface area contributed by atoms with Gasteiger partial charge in [-0.05, 0) is 62.3 Å². The van der Waals surface area contributed by atoms with Crippen LogP contribution in [0.2, 0.25) is 0 Å². The van der Waals surface area contributed by atoms with Gasteiger partial charge in [0, 0.05) is 30.2 Å². The molecule has 1 saturated carbocycles. The largest absolute Gasteiger partial charge is 0.339 e. The minimum Gasteiger partial charge on any atom is -0.339 e. The molecule has 1 aromatic carbocycles. The number of benzene rings is 1. The van der Waals surface area contributed by atoms with Crippen LogP contribution in [0.5, 0.6) is 0 Å². The normalized spacial score (nSPS) is 19.2. The van der Waals surface area contributed by atoms with Gasteiger partial charge in [0.15, 0.2) is 0 Å². The Morgan fingerprint density at radius 2 is 1.79 bits per heavy atom. The summed E-state index contributed by atoms with van der Waals surface area (Å²) < 4.78 is 1.52. The number of rotatable bonds is 6. The van der Waals surface area contributed by atoms with Crippen molar-refractivity contribution in [1.29, 1.82) is 0 Å². The van der Waals surface area contributed by atoms with E-state index in [1.54, 1.807) is 19.3 Å². The minimum absolute atomic E-state index is 0.105. The molecule has 1 atom stereocenters. The number of aromatic nitrogens is 4. The molecular weight excluding hydrogens is 416 g/mol. The second-order valence-corrected chi connectivity index (χ2v) is 9.19. The van der Waals surface area contributed by atoms with Crippen LogP contribution in [0, 0.1) is 25.7 Å². The molecule has 33 heavy (non-hydrogen) atoms. The maximum absolute atomic E-state index is 13.3. The number of nitrogens with zero attached hydrogens (tertiary/aromatic N) is 3. The van der Waals surface area contributed by atoms with Crippen molar-refractivity contribution in [3.8, 4) is 11.1 Å². The number of aromatic amines is 1. The Morgan fingerprint density at radius 1 is 1.09 bits per heavy atom. The highest BCUT2D eigenvalue weighted by Crippen LogP contribution is 2.31. The van der Waals surface area contributed by atoms with Crippen LogP contribution in [0.1, 0.15) is 54.5 Å². The van der Waals surface area contributed by atoms with Crippen molar-refractivity contribution in [2.75, 3.05) is 5.32 Å². The number of aryl methyl sites for hydroxylation is 3. The summed E-state index contributed by atoms with van der Waals surface area (Å²) >= 11 is 0. The van der Waals surface area contributed by atoms with Gasteiger partial charge in [-0.3, -0.25) is 19.4 Å². The van der Waals surface area contributed by atoms with E-state index in [0.717, 1.165) is 48.2 Å². The van der Waals surface area contributed by atoms with Gasteiger partial charge in [0.05, 0.1) is 5.69 Å². The van der Waals surface area contributed by atoms with Crippen molar-refractivity contribution in [2.24, 2.45) is 18.9 Å². The standard InChI is InChI=1S/C25H32N6O2/c1-15-5-7-19(8-6-15)23(28-24(32)21-13-14-26-31(21)4)25(33)27-20-11-9-18(10-12-20)22-16(2)29-30-17(22)3/h9-15,19,23H,5-8H2,1-4H3,(H,27,33)(H,28,32)(H,29,30)/t15-,19-,23-/m0/s1. The Balaban J connectivity index is 1.51. The first-order chi connectivity index (χ1) is 15.8. The molecule has 0 aliphatic heterocycles. The average Bonchev–Trinajstić information content (AvgIpc) is 3.38. The summed E-state index contributed by atoms with van der Waals surface area (Å²) in [7, 11) is 1.72. The molecule has 0 spiro atoms. The predicted octanol–water partition coefficient (Wildman–Crippen LogP) is 3.99. The number of amides is 2. The molecule has 0 radical (unpaired) electrons. The average molecular weight is 449 g/mol. The van der Waals surface area contributed by atoms with Crippen molar-refractivity contribution in [1.82, 2.24) is 25.3 Å². The zero-order chi connectivity index (χ0) is 23.5. The number of hydrogen-bond acceptors (Lipinski definition) is 4. The molecule has 3 aromatic rings. The van der Waals surface area contributed by atoms with E-state index in [0.29, 0.717) is 17.3 Å². The summed E-state index contributed by atoms with van der Waals surface area (Å²) in [5.41, 5.74) is 5.20. The van der Waals surface area contributed by atoms with E-state index in [-0.39, 0.29) is 17.7 Å². The summed E-state index contributed by atoms with van der Waals surface area (Å²) in [6.45, 7) is 6.20. The third-order valence-electron chi connectivity index (χ3n) is 6.72. The number of nitrogens with one attached hydrogen (secondary N) is 3. The van der Waals surface area contributed by atoms with Gasteiger partial charge in [-0.2, -0.15) is 10.2 Å². The Kier molecular flexibility index (Phi) is 6.62. The van der Waals surface area contributed by atoms with E-state index in [2.05, 4.69) is 32.9 Å². The first-order valence-electron chi connectivity index (χ1n) is 11.5. The van der Waals surface area contributed by atoms with Crippen LogP contribution in [0.3, 0.4) is 0 Å². The van der Waals surface area contributed by atoms with E-state index < -0.39 is 6.04 Å². The summed E-state index contributed by atoms with van der Waals surface area (Å²) in [5, 5.41) is 17.3. The molecule has 1 fully saturated rings. The van der Waals surface area contributed by atoms with E-state index in [4.69, 9.17) is 0 Å². The van der Waals surface area contributed by atoms with Gasteiger partial charge in [0.1, 0.15) is 11.7 Å². The van der Waals surface area contributed by atoms with Gasteiger partial charge in [0.25, 0.3) is 5.91 Å². The first-order valence-corrected chi connectivity index (χ1v) is 11.5. The quantitative estimate of drug-likeness (QED) is 0.530. The topological polar surface area (TPSA) is 105 Å². The number of hydrogen-bond donors (Lipinski definition) is 3. The zero-order valence-electron chi connectivity index (χ0n) is 19.7. The summed E-state index contributed by atoms with van der Waals surface area (Å²) in [6, 6.07) is 8.80. The van der Waals surface area contributed by atoms with Gasteiger partial charge in [-0.15, -0.1) is 0 Å². The lowest BCUT2D eigenvalue weighted by molar-refractivity contribution is -0.119. The van der Waals surface area contributed by atoms with Crippen molar-refractivity contribution >= 4 is 17.5 Å². The minimum atomic E-state index is -0.599. The van der Waals surface area contributed by atoms with E-state index in [1.807, 2.05) is 38.1 Å². The summed E-state index contributed by atoms with van der Waals surface area (Å²) in [5.74, 6) is 0.289. The molecule has 8 nitrogen and oxygen atoms in total. The molecule has 0 unspecified atom stereocenters. The van der Waals surface area contributed by atoms with E-state index >= 15 is 0 Å². The maximum atomic E-state index is 13.3. The zero-order valence-corrected chi connectivity index (χ0v) is 19.7. The van der Waals surface area contributed by atoms with Crippen LogP contribution >= 0.6 is 0 Å². The molecule has 174 valence electrons. The molecule has 0 bridgehead atoms. The van der Waals surface area contributed by atoms with Crippen LogP contribution in [0.4, 0.5) is 5.69 Å². The van der Waals surface area contributed by atoms with Gasteiger partial charge in [-0.1, -0.05) is 31.9 Å². The van der Waals surface area contributed by atoms with E-state index in [9.17, 15) is 9.59 Å².